The zero-order valence-electron chi connectivity index (χ0n) is 8.90. The summed E-state index contributed by atoms with van der Waals surface area (Å²) in [6.07, 6.45) is 0. The first-order valence-corrected chi connectivity index (χ1v) is 6.33. The molecule has 2 rings (SSSR count). The molecular weight excluding hydrogens is 221 g/mol. The minimum atomic E-state index is -3.46. The molecule has 2 atom stereocenters. The smallest absolute Gasteiger partial charge is 0.281 e. The van der Waals surface area contributed by atoms with E-state index in [0.29, 0.717) is 6.54 Å². The Labute approximate surface area is 89.4 Å². The molecule has 7 heteroatoms. The second kappa shape index (κ2) is 3.38. The van der Waals surface area contributed by atoms with E-state index >= 15 is 0 Å². The first-order chi connectivity index (χ1) is 6.86. The van der Waals surface area contributed by atoms with Gasteiger partial charge in [0.1, 0.15) is 5.67 Å². The van der Waals surface area contributed by atoms with Gasteiger partial charge in [-0.25, -0.2) is 4.39 Å². The maximum Gasteiger partial charge on any atom is 0.281 e. The zero-order chi connectivity index (χ0) is 11.3. The van der Waals surface area contributed by atoms with Gasteiger partial charge >= 0.3 is 0 Å². The lowest BCUT2D eigenvalue weighted by Gasteiger charge is -2.22. The van der Waals surface area contributed by atoms with Crippen LogP contribution in [0.3, 0.4) is 0 Å². The number of nitrogens with zero attached hydrogens (tertiary/aromatic N) is 2. The summed E-state index contributed by atoms with van der Waals surface area (Å²) in [4.78, 5) is 0. The Balaban J connectivity index is 2.18. The van der Waals surface area contributed by atoms with Crippen LogP contribution in [0.5, 0.6) is 0 Å². The summed E-state index contributed by atoms with van der Waals surface area (Å²) >= 11 is 0. The Kier molecular flexibility index (Phi) is 2.53. The number of halogens is 1. The van der Waals surface area contributed by atoms with Gasteiger partial charge in [0.05, 0.1) is 6.54 Å². The summed E-state index contributed by atoms with van der Waals surface area (Å²) in [5.41, 5.74) is -1.37. The van der Waals surface area contributed by atoms with Crippen molar-refractivity contribution in [1.82, 2.24) is 13.9 Å². The van der Waals surface area contributed by atoms with E-state index < -0.39 is 15.9 Å². The molecule has 0 bridgehead atoms. The molecular formula is C8H16FN3O2S. The number of rotatable bonds is 2. The second-order valence-electron chi connectivity index (χ2n) is 4.45. The minimum Gasteiger partial charge on any atom is -0.313 e. The van der Waals surface area contributed by atoms with E-state index in [0.717, 1.165) is 4.31 Å². The van der Waals surface area contributed by atoms with Crippen LogP contribution in [-0.2, 0) is 10.2 Å². The zero-order valence-corrected chi connectivity index (χ0v) is 9.72. The molecule has 1 N–H and O–H groups in total. The lowest BCUT2D eigenvalue weighted by Crippen LogP contribution is -2.42. The van der Waals surface area contributed by atoms with Gasteiger partial charge in [-0.2, -0.15) is 17.0 Å². The number of nitrogens with one attached hydrogen (secondary N) is 1. The fourth-order valence-electron chi connectivity index (χ4n) is 2.20. The Morgan fingerprint density at radius 3 is 2.73 bits per heavy atom. The summed E-state index contributed by atoms with van der Waals surface area (Å²) < 4.78 is 40.1. The highest BCUT2D eigenvalue weighted by Gasteiger charge is 2.53. The third-order valence-electron chi connectivity index (χ3n) is 3.19. The van der Waals surface area contributed by atoms with Crippen LogP contribution in [0.25, 0.3) is 0 Å². The van der Waals surface area contributed by atoms with Gasteiger partial charge in [-0.05, 0) is 0 Å². The van der Waals surface area contributed by atoms with Gasteiger partial charge in [0.2, 0.25) is 0 Å². The van der Waals surface area contributed by atoms with Crippen molar-refractivity contribution < 1.29 is 12.8 Å². The molecule has 2 aliphatic heterocycles. The van der Waals surface area contributed by atoms with E-state index in [9.17, 15) is 12.8 Å². The van der Waals surface area contributed by atoms with Gasteiger partial charge in [-0.3, -0.25) is 0 Å². The summed E-state index contributed by atoms with van der Waals surface area (Å²) in [7, 11) is -0.528. The highest BCUT2D eigenvalue weighted by atomic mass is 32.2. The molecule has 88 valence electrons. The maximum atomic E-state index is 14.2. The van der Waals surface area contributed by atoms with Crippen molar-refractivity contribution in [2.24, 2.45) is 5.92 Å². The van der Waals surface area contributed by atoms with Crippen LogP contribution in [-0.4, -0.2) is 63.0 Å². The molecule has 5 nitrogen and oxygen atoms in total. The molecule has 2 unspecified atom stereocenters. The van der Waals surface area contributed by atoms with Crippen LogP contribution in [0.4, 0.5) is 4.39 Å². The third kappa shape index (κ3) is 1.67. The lowest BCUT2D eigenvalue weighted by molar-refractivity contribution is 0.171. The quantitative estimate of drug-likeness (QED) is 0.673. The first kappa shape index (κ1) is 11.3. The van der Waals surface area contributed by atoms with Crippen LogP contribution in [0.1, 0.15) is 0 Å². The van der Waals surface area contributed by atoms with Crippen molar-refractivity contribution >= 4 is 10.2 Å². The first-order valence-electron chi connectivity index (χ1n) is 4.93. The predicted octanol–water partition coefficient (Wildman–Crippen LogP) is -0.964. The predicted molar refractivity (Wildman–Crippen MR) is 54.4 cm³/mol. The van der Waals surface area contributed by atoms with E-state index in [4.69, 9.17) is 0 Å². The third-order valence-corrected chi connectivity index (χ3v) is 5.05. The molecule has 2 aliphatic rings. The van der Waals surface area contributed by atoms with Crippen molar-refractivity contribution in [3.63, 3.8) is 0 Å². The number of hydrogen-bond donors (Lipinski definition) is 1. The molecule has 0 saturated carbocycles. The van der Waals surface area contributed by atoms with Crippen molar-refractivity contribution in [2.45, 2.75) is 5.67 Å². The number of alkyl halides is 1. The second-order valence-corrected chi connectivity index (χ2v) is 6.59. The molecule has 0 aromatic heterocycles. The standard InChI is InChI=1S/C8H16FN3O2S/c1-11(2)15(13,14)12-4-7-3-10-5-8(7,9)6-12/h7,10H,3-6H2,1-2H3. The lowest BCUT2D eigenvalue weighted by atomic mass is 9.97. The largest absolute Gasteiger partial charge is 0.313 e. The highest BCUT2D eigenvalue weighted by Crippen LogP contribution is 2.35. The molecule has 0 radical (unpaired) electrons. The number of fused-ring (bicyclic) bond motifs is 1. The molecule has 0 aromatic rings. The Morgan fingerprint density at radius 1 is 1.53 bits per heavy atom. The van der Waals surface area contributed by atoms with E-state index in [1.54, 1.807) is 0 Å². The van der Waals surface area contributed by atoms with Crippen LogP contribution >= 0.6 is 0 Å². The van der Waals surface area contributed by atoms with Crippen molar-refractivity contribution in [2.75, 3.05) is 40.3 Å². The van der Waals surface area contributed by atoms with Crippen LogP contribution < -0.4 is 5.32 Å². The Bertz CT molecular complexity index is 359. The number of hydrogen-bond acceptors (Lipinski definition) is 3. The maximum absolute atomic E-state index is 14.2. The van der Waals surface area contributed by atoms with Crippen molar-refractivity contribution in [3.8, 4) is 0 Å². The van der Waals surface area contributed by atoms with Crippen LogP contribution in [0, 0.1) is 5.92 Å². The summed E-state index contributed by atoms with van der Waals surface area (Å²) in [6, 6.07) is 0. The SMILES string of the molecule is CN(C)S(=O)(=O)N1CC2CNCC2(F)C1. The van der Waals surface area contributed by atoms with Gasteiger partial charge in [0.15, 0.2) is 0 Å². The summed E-state index contributed by atoms with van der Waals surface area (Å²) in [5.74, 6) is -0.202. The van der Waals surface area contributed by atoms with Gasteiger partial charge in [0.25, 0.3) is 10.2 Å². The molecule has 0 spiro atoms. The molecule has 2 saturated heterocycles. The fraction of sp³-hybridized carbons (Fsp3) is 1.00. The molecule has 0 amide bonds. The van der Waals surface area contributed by atoms with E-state index in [1.807, 2.05) is 0 Å². The Morgan fingerprint density at radius 2 is 2.20 bits per heavy atom. The average molecular weight is 237 g/mol. The minimum absolute atomic E-state index is 0.0226. The highest BCUT2D eigenvalue weighted by molar-refractivity contribution is 7.86. The van der Waals surface area contributed by atoms with Gasteiger partial charge in [0, 0.05) is 39.6 Å². The topological polar surface area (TPSA) is 52.7 Å². The fourth-order valence-corrected chi connectivity index (χ4v) is 3.41. The van der Waals surface area contributed by atoms with E-state index in [2.05, 4.69) is 5.32 Å². The monoisotopic (exact) mass is 237 g/mol. The summed E-state index contributed by atoms with van der Waals surface area (Å²) in [6.45, 7) is 1.09. The molecule has 2 fully saturated rings. The summed E-state index contributed by atoms with van der Waals surface area (Å²) in [5, 5.41) is 2.96. The van der Waals surface area contributed by atoms with Crippen LogP contribution in [0.2, 0.25) is 0 Å². The molecule has 0 aliphatic carbocycles. The van der Waals surface area contributed by atoms with E-state index in [-0.39, 0.29) is 25.6 Å². The average Bonchev–Trinajstić information content (AvgIpc) is 2.58. The normalized spacial score (nSPS) is 37.5. The van der Waals surface area contributed by atoms with E-state index in [1.165, 1.54) is 18.4 Å². The van der Waals surface area contributed by atoms with Crippen molar-refractivity contribution in [3.05, 3.63) is 0 Å². The van der Waals surface area contributed by atoms with Crippen molar-refractivity contribution in [1.29, 1.82) is 0 Å². The van der Waals surface area contributed by atoms with Crippen LogP contribution in [0.15, 0.2) is 0 Å². The molecule has 0 aromatic carbocycles. The van der Waals surface area contributed by atoms with Gasteiger partial charge in [-0.15, -0.1) is 0 Å². The Hall–Kier alpha value is -0.240. The molecule has 2 heterocycles. The van der Waals surface area contributed by atoms with Gasteiger partial charge in [-0.1, -0.05) is 0 Å². The molecule has 15 heavy (non-hydrogen) atoms. The van der Waals surface area contributed by atoms with Gasteiger partial charge < -0.3 is 5.32 Å².